The molecule has 1 aromatic rings. The van der Waals surface area contributed by atoms with E-state index in [1.165, 1.54) is 0 Å². The number of furan rings is 1. The van der Waals surface area contributed by atoms with Crippen molar-refractivity contribution in [3.63, 3.8) is 0 Å². The van der Waals surface area contributed by atoms with E-state index in [9.17, 15) is 9.90 Å². The molecule has 4 nitrogen and oxygen atoms in total. The van der Waals surface area contributed by atoms with Crippen molar-refractivity contribution in [3.8, 4) is 0 Å². The standard InChI is InChI=1S/C15H23NO3/c1-10-13(16-8-11-6-7-19-9-11)5-4-12(14(17)18)15(10,2)3/h6-7,9-10,12-13,16H,4-5,8H2,1-3H3,(H,17,18). The van der Waals surface area contributed by atoms with Crippen molar-refractivity contribution < 1.29 is 14.3 Å². The van der Waals surface area contributed by atoms with Gasteiger partial charge < -0.3 is 14.8 Å². The lowest BCUT2D eigenvalue weighted by Gasteiger charge is -2.46. The largest absolute Gasteiger partial charge is 0.481 e. The summed E-state index contributed by atoms with van der Waals surface area (Å²) >= 11 is 0. The second-order valence-electron chi connectivity index (χ2n) is 6.20. The van der Waals surface area contributed by atoms with Crippen LogP contribution in [0.4, 0.5) is 0 Å². The average molecular weight is 265 g/mol. The van der Waals surface area contributed by atoms with Crippen LogP contribution in [0.3, 0.4) is 0 Å². The highest BCUT2D eigenvalue weighted by molar-refractivity contribution is 5.71. The molecule has 3 unspecified atom stereocenters. The maximum absolute atomic E-state index is 11.3. The third-order valence-electron chi connectivity index (χ3n) is 4.89. The fourth-order valence-electron chi connectivity index (χ4n) is 3.17. The lowest BCUT2D eigenvalue weighted by molar-refractivity contribution is -0.150. The van der Waals surface area contributed by atoms with E-state index in [4.69, 9.17) is 4.42 Å². The van der Waals surface area contributed by atoms with Gasteiger partial charge in [0.25, 0.3) is 0 Å². The molecule has 1 aromatic heterocycles. The van der Waals surface area contributed by atoms with E-state index >= 15 is 0 Å². The van der Waals surface area contributed by atoms with Gasteiger partial charge in [0.15, 0.2) is 0 Å². The molecule has 1 saturated carbocycles. The second-order valence-corrected chi connectivity index (χ2v) is 6.20. The predicted molar refractivity (Wildman–Crippen MR) is 72.6 cm³/mol. The van der Waals surface area contributed by atoms with Crippen molar-refractivity contribution in [1.82, 2.24) is 5.32 Å². The minimum atomic E-state index is -0.662. The van der Waals surface area contributed by atoms with Crippen LogP contribution in [0.2, 0.25) is 0 Å². The quantitative estimate of drug-likeness (QED) is 0.878. The van der Waals surface area contributed by atoms with E-state index < -0.39 is 5.97 Å². The van der Waals surface area contributed by atoms with E-state index in [0.29, 0.717) is 12.0 Å². The number of nitrogens with one attached hydrogen (secondary N) is 1. The molecule has 2 N–H and O–H groups in total. The van der Waals surface area contributed by atoms with Crippen LogP contribution in [0.25, 0.3) is 0 Å². The Labute approximate surface area is 114 Å². The first-order valence-corrected chi connectivity index (χ1v) is 6.90. The Kier molecular flexibility index (Phi) is 3.99. The van der Waals surface area contributed by atoms with Crippen LogP contribution < -0.4 is 5.32 Å². The van der Waals surface area contributed by atoms with Gasteiger partial charge in [-0.25, -0.2) is 0 Å². The van der Waals surface area contributed by atoms with Gasteiger partial charge in [0.1, 0.15) is 0 Å². The summed E-state index contributed by atoms with van der Waals surface area (Å²) < 4.78 is 5.05. The monoisotopic (exact) mass is 265 g/mol. The van der Waals surface area contributed by atoms with Crippen LogP contribution in [0.1, 0.15) is 39.2 Å². The highest BCUT2D eigenvalue weighted by atomic mass is 16.4. The molecule has 0 amide bonds. The molecule has 2 rings (SSSR count). The summed E-state index contributed by atoms with van der Waals surface area (Å²) in [7, 11) is 0. The maximum atomic E-state index is 11.3. The van der Waals surface area contributed by atoms with E-state index in [-0.39, 0.29) is 11.3 Å². The zero-order chi connectivity index (χ0) is 14.0. The molecule has 1 fully saturated rings. The van der Waals surface area contributed by atoms with Crippen molar-refractivity contribution in [2.75, 3.05) is 0 Å². The Morgan fingerprint density at radius 1 is 1.53 bits per heavy atom. The SMILES string of the molecule is CC1C(NCc2ccoc2)CCC(C(=O)O)C1(C)C. The van der Waals surface area contributed by atoms with Crippen molar-refractivity contribution in [2.24, 2.45) is 17.3 Å². The van der Waals surface area contributed by atoms with Gasteiger partial charge >= 0.3 is 5.97 Å². The summed E-state index contributed by atoms with van der Waals surface area (Å²) in [6.07, 6.45) is 5.08. The summed E-state index contributed by atoms with van der Waals surface area (Å²) in [5.74, 6) is -0.575. The number of carboxylic acid groups (broad SMARTS) is 1. The molecule has 3 atom stereocenters. The first-order valence-electron chi connectivity index (χ1n) is 6.90. The van der Waals surface area contributed by atoms with Gasteiger partial charge in [-0.15, -0.1) is 0 Å². The van der Waals surface area contributed by atoms with Crippen molar-refractivity contribution in [1.29, 1.82) is 0 Å². The molecule has 0 radical (unpaired) electrons. The van der Waals surface area contributed by atoms with Crippen molar-refractivity contribution >= 4 is 5.97 Å². The number of hydrogen-bond acceptors (Lipinski definition) is 3. The highest BCUT2D eigenvalue weighted by Crippen LogP contribution is 2.45. The van der Waals surface area contributed by atoms with Gasteiger partial charge in [0, 0.05) is 18.2 Å². The summed E-state index contributed by atoms with van der Waals surface area (Å²) in [5, 5.41) is 12.9. The lowest BCUT2D eigenvalue weighted by Crippen LogP contribution is -2.50. The minimum Gasteiger partial charge on any atom is -0.481 e. The first kappa shape index (κ1) is 14.1. The number of rotatable bonds is 4. The van der Waals surface area contributed by atoms with Gasteiger partial charge in [-0.1, -0.05) is 20.8 Å². The lowest BCUT2D eigenvalue weighted by atomic mass is 9.61. The summed E-state index contributed by atoms with van der Waals surface area (Å²) in [4.78, 5) is 11.3. The second kappa shape index (κ2) is 5.37. The average Bonchev–Trinajstić information content (AvgIpc) is 2.83. The Balaban J connectivity index is 1.99. The van der Waals surface area contributed by atoms with Crippen LogP contribution >= 0.6 is 0 Å². The molecule has 1 aliphatic carbocycles. The zero-order valence-corrected chi connectivity index (χ0v) is 11.8. The summed E-state index contributed by atoms with van der Waals surface area (Å²) in [6.45, 7) is 7.08. The smallest absolute Gasteiger partial charge is 0.307 e. The summed E-state index contributed by atoms with van der Waals surface area (Å²) in [5.41, 5.74) is 0.948. The third-order valence-corrected chi connectivity index (χ3v) is 4.89. The number of carboxylic acids is 1. The van der Waals surface area contributed by atoms with Gasteiger partial charge in [-0.3, -0.25) is 4.79 Å². The molecule has 0 spiro atoms. The maximum Gasteiger partial charge on any atom is 0.307 e. The van der Waals surface area contributed by atoms with E-state index in [1.54, 1.807) is 12.5 Å². The van der Waals surface area contributed by atoms with Crippen LogP contribution in [0.15, 0.2) is 23.0 Å². The van der Waals surface area contributed by atoms with Gasteiger partial charge in [0.05, 0.1) is 18.4 Å². The van der Waals surface area contributed by atoms with Gasteiger partial charge in [-0.2, -0.15) is 0 Å². The third kappa shape index (κ3) is 2.84. The fraction of sp³-hybridized carbons (Fsp3) is 0.667. The van der Waals surface area contributed by atoms with Crippen molar-refractivity contribution in [3.05, 3.63) is 24.2 Å². The van der Waals surface area contributed by atoms with E-state index in [0.717, 1.165) is 24.9 Å². The van der Waals surface area contributed by atoms with E-state index in [1.807, 2.05) is 6.07 Å². The Morgan fingerprint density at radius 3 is 2.84 bits per heavy atom. The van der Waals surface area contributed by atoms with E-state index in [2.05, 4.69) is 26.1 Å². The van der Waals surface area contributed by atoms with Crippen LogP contribution in [-0.2, 0) is 11.3 Å². The van der Waals surface area contributed by atoms with Crippen LogP contribution in [0, 0.1) is 17.3 Å². The molecule has 4 heteroatoms. The molecule has 106 valence electrons. The molecule has 0 aromatic carbocycles. The number of carbonyl (C=O) groups is 1. The molecule has 1 heterocycles. The molecule has 1 aliphatic rings. The minimum absolute atomic E-state index is 0.182. The van der Waals surface area contributed by atoms with Gasteiger partial charge in [-0.05, 0) is 30.2 Å². The number of hydrogen-bond donors (Lipinski definition) is 2. The molecule has 19 heavy (non-hydrogen) atoms. The predicted octanol–water partition coefficient (Wildman–Crippen LogP) is 2.89. The fourth-order valence-corrected chi connectivity index (χ4v) is 3.17. The van der Waals surface area contributed by atoms with Gasteiger partial charge in [0.2, 0.25) is 0 Å². The first-order chi connectivity index (χ1) is 8.93. The Hall–Kier alpha value is -1.29. The van der Waals surface area contributed by atoms with Crippen LogP contribution in [-0.4, -0.2) is 17.1 Å². The normalized spacial score (nSPS) is 30.2. The molecular formula is C15H23NO3. The molecule has 0 bridgehead atoms. The highest BCUT2D eigenvalue weighted by Gasteiger charge is 2.45. The number of aliphatic carboxylic acids is 1. The molecular weight excluding hydrogens is 242 g/mol. The summed E-state index contributed by atoms with van der Waals surface area (Å²) in [6, 6.07) is 2.31. The molecule has 0 saturated heterocycles. The zero-order valence-electron chi connectivity index (χ0n) is 11.8. The Bertz CT molecular complexity index is 425. The topological polar surface area (TPSA) is 62.5 Å². The van der Waals surface area contributed by atoms with Crippen molar-refractivity contribution in [2.45, 2.75) is 46.2 Å². The molecule has 0 aliphatic heterocycles. The Morgan fingerprint density at radius 2 is 2.26 bits per heavy atom. The van der Waals surface area contributed by atoms with Crippen LogP contribution in [0.5, 0.6) is 0 Å².